The van der Waals surface area contributed by atoms with Crippen LogP contribution in [0.2, 0.25) is 0 Å². The number of hydrogen-bond acceptors (Lipinski definition) is 4. The van der Waals surface area contributed by atoms with Crippen molar-refractivity contribution < 1.29 is 14.3 Å². The Morgan fingerprint density at radius 3 is 2.39 bits per heavy atom. The minimum Gasteiger partial charge on any atom is -0.494 e. The van der Waals surface area contributed by atoms with Crippen molar-refractivity contribution in [1.29, 1.82) is 0 Å². The molecule has 3 rings (SSSR count). The zero-order chi connectivity index (χ0) is 23.6. The van der Waals surface area contributed by atoms with Gasteiger partial charge in [-0.3, -0.25) is 9.59 Å². The van der Waals surface area contributed by atoms with Crippen LogP contribution in [0.3, 0.4) is 0 Å². The lowest BCUT2D eigenvalue weighted by Crippen LogP contribution is -2.26. The van der Waals surface area contributed by atoms with E-state index in [1.165, 1.54) is 0 Å². The van der Waals surface area contributed by atoms with Crippen molar-refractivity contribution in [2.75, 3.05) is 35.7 Å². The second-order valence-corrected chi connectivity index (χ2v) is 8.24. The molecule has 0 aliphatic carbocycles. The van der Waals surface area contributed by atoms with Gasteiger partial charge in [0.1, 0.15) is 5.75 Å². The number of para-hydroxylation sites is 1. The Bertz CT molecular complexity index is 1070. The van der Waals surface area contributed by atoms with Crippen molar-refractivity contribution in [3.63, 3.8) is 0 Å². The molecule has 2 amide bonds. The van der Waals surface area contributed by atoms with E-state index in [-0.39, 0.29) is 18.4 Å². The lowest BCUT2D eigenvalue weighted by atomic mass is 10.1. The zero-order valence-electron chi connectivity index (χ0n) is 19.4. The summed E-state index contributed by atoms with van der Waals surface area (Å²) < 4.78 is 5.75. The highest BCUT2D eigenvalue weighted by molar-refractivity contribution is 6.06. The Balaban J connectivity index is 1.54. The van der Waals surface area contributed by atoms with Crippen LogP contribution in [0, 0.1) is 5.92 Å². The van der Waals surface area contributed by atoms with Gasteiger partial charge in [0, 0.05) is 35.7 Å². The first kappa shape index (κ1) is 23.9. The van der Waals surface area contributed by atoms with Gasteiger partial charge in [-0.15, -0.1) is 0 Å². The maximum Gasteiger partial charge on any atom is 0.258 e. The molecule has 0 bridgehead atoms. The van der Waals surface area contributed by atoms with Crippen LogP contribution in [0.15, 0.2) is 78.9 Å². The molecule has 0 aromatic heterocycles. The fourth-order valence-corrected chi connectivity index (χ4v) is 3.19. The number of rotatable bonds is 10. The number of hydrogen-bond donors (Lipinski definition) is 2. The molecule has 0 unspecified atom stereocenters. The van der Waals surface area contributed by atoms with Crippen molar-refractivity contribution in [2.24, 2.45) is 5.92 Å². The molecular weight excluding hydrogens is 414 g/mol. The van der Waals surface area contributed by atoms with Crippen LogP contribution in [0.1, 0.15) is 30.6 Å². The predicted molar refractivity (Wildman–Crippen MR) is 134 cm³/mol. The van der Waals surface area contributed by atoms with Gasteiger partial charge in [-0.1, -0.05) is 44.2 Å². The van der Waals surface area contributed by atoms with E-state index in [4.69, 9.17) is 4.74 Å². The van der Waals surface area contributed by atoms with Gasteiger partial charge >= 0.3 is 0 Å². The molecule has 0 aliphatic heterocycles. The molecule has 3 aromatic carbocycles. The Labute approximate surface area is 195 Å². The molecule has 0 atom stereocenters. The monoisotopic (exact) mass is 445 g/mol. The first-order chi connectivity index (χ1) is 15.9. The Hall–Kier alpha value is -3.80. The van der Waals surface area contributed by atoms with Crippen LogP contribution in [-0.2, 0) is 4.79 Å². The van der Waals surface area contributed by atoms with Crippen molar-refractivity contribution in [3.05, 3.63) is 84.4 Å². The van der Waals surface area contributed by atoms with Crippen LogP contribution in [0.5, 0.6) is 5.75 Å². The number of amides is 2. The fourth-order valence-electron chi connectivity index (χ4n) is 3.19. The maximum atomic E-state index is 12.8. The quantitative estimate of drug-likeness (QED) is 0.436. The molecule has 0 aliphatic rings. The molecule has 0 fully saturated rings. The number of carbonyl (C=O) groups excluding carboxylic acids is 2. The molecule has 0 spiro atoms. The number of carbonyl (C=O) groups is 2. The number of nitrogens with one attached hydrogen (secondary N) is 2. The molecule has 0 radical (unpaired) electrons. The van der Waals surface area contributed by atoms with E-state index in [1.54, 1.807) is 30.1 Å². The second-order valence-electron chi connectivity index (χ2n) is 8.24. The van der Waals surface area contributed by atoms with E-state index in [0.29, 0.717) is 29.5 Å². The third kappa shape index (κ3) is 7.38. The molecule has 6 nitrogen and oxygen atoms in total. The van der Waals surface area contributed by atoms with Gasteiger partial charge in [0.15, 0.2) is 0 Å². The normalized spacial score (nSPS) is 10.5. The van der Waals surface area contributed by atoms with Crippen molar-refractivity contribution in [3.8, 4) is 5.75 Å². The van der Waals surface area contributed by atoms with Crippen LogP contribution < -0.4 is 20.3 Å². The summed E-state index contributed by atoms with van der Waals surface area (Å²) in [6, 6.07) is 24.0. The summed E-state index contributed by atoms with van der Waals surface area (Å²) >= 11 is 0. The molecule has 3 aromatic rings. The number of anilines is 3. The fraction of sp³-hybridized carbons (Fsp3) is 0.259. The Morgan fingerprint density at radius 1 is 0.909 bits per heavy atom. The highest BCUT2D eigenvalue weighted by Crippen LogP contribution is 2.19. The number of nitrogens with zero attached hydrogens (tertiary/aromatic N) is 1. The van der Waals surface area contributed by atoms with E-state index < -0.39 is 0 Å². The minimum atomic E-state index is -0.188. The molecule has 0 saturated heterocycles. The lowest BCUT2D eigenvalue weighted by molar-refractivity contribution is -0.114. The van der Waals surface area contributed by atoms with Gasteiger partial charge < -0.3 is 20.3 Å². The van der Waals surface area contributed by atoms with Crippen molar-refractivity contribution in [2.45, 2.75) is 20.3 Å². The summed E-state index contributed by atoms with van der Waals surface area (Å²) in [5.41, 5.74) is 2.73. The van der Waals surface area contributed by atoms with E-state index in [9.17, 15) is 9.59 Å². The summed E-state index contributed by atoms with van der Waals surface area (Å²) in [5.74, 6) is 0.998. The van der Waals surface area contributed by atoms with Crippen LogP contribution in [0.25, 0.3) is 0 Å². The van der Waals surface area contributed by atoms with Crippen LogP contribution in [-0.4, -0.2) is 32.0 Å². The highest BCUT2D eigenvalue weighted by Gasteiger charge is 2.14. The van der Waals surface area contributed by atoms with E-state index in [2.05, 4.69) is 24.5 Å². The third-order valence-electron chi connectivity index (χ3n) is 5.09. The summed E-state index contributed by atoms with van der Waals surface area (Å²) in [5, 5.41) is 5.96. The lowest BCUT2D eigenvalue weighted by Gasteiger charge is -2.18. The number of benzene rings is 3. The Kier molecular flexibility index (Phi) is 8.47. The molecule has 6 heteroatoms. The molecular formula is C27H31N3O3. The summed E-state index contributed by atoms with van der Waals surface area (Å²) in [4.78, 5) is 26.8. The highest BCUT2D eigenvalue weighted by atomic mass is 16.5. The topological polar surface area (TPSA) is 70.7 Å². The van der Waals surface area contributed by atoms with Gasteiger partial charge in [0.2, 0.25) is 5.91 Å². The van der Waals surface area contributed by atoms with Gasteiger partial charge in [0.05, 0.1) is 13.2 Å². The smallest absolute Gasteiger partial charge is 0.258 e. The van der Waals surface area contributed by atoms with Crippen LogP contribution in [0.4, 0.5) is 17.1 Å². The summed E-state index contributed by atoms with van der Waals surface area (Å²) in [7, 11) is 1.74. The number of ether oxygens (including phenoxy) is 1. The molecule has 33 heavy (non-hydrogen) atoms. The van der Waals surface area contributed by atoms with Crippen LogP contribution >= 0.6 is 0 Å². The minimum absolute atomic E-state index is 0.0740. The second kappa shape index (κ2) is 11.7. The Morgan fingerprint density at radius 2 is 1.64 bits per heavy atom. The van der Waals surface area contributed by atoms with Crippen molar-refractivity contribution >= 4 is 28.9 Å². The average Bonchev–Trinajstić information content (AvgIpc) is 2.82. The summed E-state index contributed by atoms with van der Waals surface area (Å²) in [6.45, 7) is 5.02. The standard InChI is InChI=1S/C27H31N3O3/c1-20(2)15-16-33-25-14-8-11-23(18-25)29-26(31)19-28-22-10-7-9-21(17-22)27(32)30(3)24-12-5-4-6-13-24/h4-14,17-18,20,28H,15-16,19H2,1-3H3,(H,29,31). The van der Waals surface area contributed by atoms with Gasteiger partial charge in [-0.25, -0.2) is 0 Å². The molecule has 0 saturated carbocycles. The first-order valence-electron chi connectivity index (χ1n) is 11.1. The van der Waals surface area contributed by atoms with Crippen molar-refractivity contribution in [1.82, 2.24) is 0 Å². The first-order valence-corrected chi connectivity index (χ1v) is 11.1. The van der Waals surface area contributed by atoms with Gasteiger partial charge in [0.25, 0.3) is 5.91 Å². The van der Waals surface area contributed by atoms with E-state index >= 15 is 0 Å². The molecule has 172 valence electrons. The largest absolute Gasteiger partial charge is 0.494 e. The average molecular weight is 446 g/mol. The maximum absolute atomic E-state index is 12.8. The van der Waals surface area contributed by atoms with E-state index in [1.807, 2.05) is 60.7 Å². The third-order valence-corrected chi connectivity index (χ3v) is 5.09. The predicted octanol–water partition coefficient (Wildman–Crippen LogP) is 5.44. The molecule has 0 heterocycles. The van der Waals surface area contributed by atoms with Gasteiger partial charge in [-0.05, 0) is 54.8 Å². The van der Waals surface area contributed by atoms with Gasteiger partial charge in [-0.2, -0.15) is 0 Å². The zero-order valence-corrected chi connectivity index (χ0v) is 19.4. The molecule has 2 N–H and O–H groups in total. The SMILES string of the molecule is CC(C)CCOc1cccc(NC(=O)CNc2cccc(C(=O)N(C)c3ccccc3)c2)c1. The summed E-state index contributed by atoms with van der Waals surface area (Å²) in [6.07, 6.45) is 0.975. The van der Waals surface area contributed by atoms with E-state index in [0.717, 1.165) is 17.9 Å².